The minimum atomic E-state index is -0.445. The highest BCUT2D eigenvalue weighted by Gasteiger charge is 2.26. The average Bonchev–Trinajstić information content (AvgIpc) is 2.83. The van der Waals surface area contributed by atoms with E-state index in [1.807, 2.05) is 35.2 Å². The molecule has 8 nitrogen and oxygen atoms in total. The highest BCUT2D eigenvalue weighted by atomic mass is 16.6. The molecule has 1 saturated heterocycles. The quantitative estimate of drug-likeness (QED) is 0.347. The van der Waals surface area contributed by atoms with E-state index in [9.17, 15) is 19.7 Å². The summed E-state index contributed by atoms with van der Waals surface area (Å²) in [6.07, 6.45) is 3.96. The zero-order valence-electron chi connectivity index (χ0n) is 19.3. The van der Waals surface area contributed by atoms with Gasteiger partial charge in [-0.2, -0.15) is 0 Å². The lowest BCUT2D eigenvalue weighted by Crippen LogP contribution is -2.48. The van der Waals surface area contributed by atoms with E-state index in [2.05, 4.69) is 12.2 Å². The number of hydrogen-bond donors (Lipinski definition) is 1. The number of nitrogens with one attached hydrogen (secondary N) is 1. The van der Waals surface area contributed by atoms with Crippen LogP contribution in [0.4, 0.5) is 11.4 Å². The van der Waals surface area contributed by atoms with Gasteiger partial charge in [-0.15, -0.1) is 0 Å². The molecule has 0 radical (unpaired) electrons. The van der Waals surface area contributed by atoms with E-state index in [0.717, 1.165) is 31.2 Å². The molecule has 33 heavy (non-hydrogen) atoms. The minimum absolute atomic E-state index is 0.00285. The molecule has 2 aromatic carbocycles. The molecule has 1 N–H and O–H groups in total. The molecule has 1 fully saturated rings. The summed E-state index contributed by atoms with van der Waals surface area (Å²) >= 11 is 0. The molecule has 8 heteroatoms. The van der Waals surface area contributed by atoms with E-state index >= 15 is 0 Å². The van der Waals surface area contributed by atoms with Gasteiger partial charge in [-0.05, 0) is 24.1 Å². The van der Waals surface area contributed by atoms with Crippen LogP contribution in [0.15, 0.2) is 48.5 Å². The van der Waals surface area contributed by atoms with Crippen LogP contribution in [0.5, 0.6) is 0 Å². The Hall–Kier alpha value is -3.42. The van der Waals surface area contributed by atoms with Crippen LogP contribution in [-0.2, 0) is 4.79 Å². The largest absolute Gasteiger partial charge is 0.362 e. The van der Waals surface area contributed by atoms with Crippen molar-refractivity contribution in [3.8, 4) is 0 Å². The van der Waals surface area contributed by atoms with E-state index in [-0.39, 0.29) is 29.1 Å². The number of piperazine rings is 1. The first-order valence-corrected chi connectivity index (χ1v) is 11.6. The summed E-state index contributed by atoms with van der Waals surface area (Å²) in [6, 6.07) is 14.3. The number of amides is 2. The van der Waals surface area contributed by atoms with Gasteiger partial charge in [0.15, 0.2) is 0 Å². The highest BCUT2D eigenvalue weighted by molar-refractivity contribution is 5.96. The zero-order valence-corrected chi connectivity index (χ0v) is 19.3. The van der Waals surface area contributed by atoms with Gasteiger partial charge in [0, 0.05) is 44.7 Å². The summed E-state index contributed by atoms with van der Waals surface area (Å²) < 4.78 is 0. The van der Waals surface area contributed by atoms with Gasteiger partial charge in [-0.25, -0.2) is 0 Å². The fourth-order valence-corrected chi connectivity index (χ4v) is 4.19. The van der Waals surface area contributed by atoms with Crippen LogP contribution in [0.1, 0.15) is 61.5 Å². The number of rotatable bonds is 9. The Morgan fingerprint density at radius 1 is 1.06 bits per heavy atom. The van der Waals surface area contributed by atoms with E-state index in [0.29, 0.717) is 31.9 Å². The number of benzene rings is 2. The Morgan fingerprint density at radius 2 is 1.76 bits per heavy atom. The fraction of sp³-hybridized carbons (Fsp3) is 0.440. The van der Waals surface area contributed by atoms with Crippen molar-refractivity contribution < 1.29 is 14.5 Å². The van der Waals surface area contributed by atoms with Gasteiger partial charge in [0.1, 0.15) is 5.69 Å². The maximum atomic E-state index is 13.0. The lowest BCUT2D eigenvalue weighted by atomic mass is 10.00. The van der Waals surface area contributed by atoms with Crippen LogP contribution < -0.4 is 10.2 Å². The molecule has 2 amide bonds. The summed E-state index contributed by atoms with van der Waals surface area (Å²) in [5.41, 5.74) is 1.67. The molecule has 1 unspecified atom stereocenters. The normalized spacial score (nSPS) is 14.6. The first-order chi connectivity index (χ1) is 15.9. The summed E-state index contributed by atoms with van der Waals surface area (Å²) in [4.78, 5) is 39.6. The van der Waals surface area contributed by atoms with E-state index in [4.69, 9.17) is 0 Å². The third-order valence-electron chi connectivity index (χ3n) is 6.10. The smallest absolute Gasteiger partial charge is 0.293 e. The summed E-state index contributed by atoms with van der Waals surface area (Å²) in [5, 5.41) is 14.9. The topological polar surface area (TPSA) is 95.8 Å². The zero-order chi connectivity index (χ0) is 23.8. The highest BCUT2D eigenvalue weighted by Crippen LogP contribution is 2.30. The van der Waals surface area contributed by atoms with Crippen molar-refractivity contribution in [3.63, 3.8) is 0 Å². The second-order valence-electron chi connectivity index (χ2n) is 8.39. The van der Waals surface area contributed by atoms with Crippen molar-refractivity contribution in [1.82, 2.24) is 10.2 Å². The molecule has 0 aromatic heterocycles. The third-order valence-corrected chi connectivity index (χ3v) is 6.10. The van der Waals surface area contributed by atoms with Crippen molar-refractivity contribution in [1.29, 1.82) is 0 Å². The summed E-state index contributed by atoms with van der Waals surface area (Å²) in [7, 11) is 0. The molecule has 1 heterocycles. The van der Waals surface area contributed by atoms with Crippen molar-refractivity contribution in [3.05, 3.63) is 69.8 Å². The van der Waals surface area contributed by atoms with E-state index in [1.54, 1.807) is 17.0 Å². The van der Waals surface area contributed by atoms with Crippen molar-refractivity contribution >= 4 is 23.2 Å². The minimum Gasteiger partial charge on any atom is -0.362 e. The van der Waals surface area contributed by atoms with Gasteiger partial charge < -0.3 is 15.1 Å². The number of unbranched alkanes of at least 4 members (excludes halogenated alkanes) is 2. The van der Waals surface area contributed by atoms with Crippen LogP contribution >= 0.6 is 0 Å². The SMILES string of the molecule is CCCCCC(NC(=O)c1ccc(N2CCN(C(C)=O)CC2)c([N+](=O)[O-])c1)c1ccccc1. The van der Waals surface area contributed by atoms with E-state index in [1.165, 1.54) is 13.0 Å². The number of carbonyl (C=O) groups is 2. The van der Waals surface area contributed by atoms with Crippen molar-refractivity contribution in [2.75, 3.05) is 31.1 Å². The third kappa shape index (κ3) is 6.31. The predicted octanol–water partition coefficient (Wildman–Crippen LogP) is 4.31. The molecule has 0 aliphatic carbocycles. The van der Waals surface area contributed by atoms with Crippen LogP contribution in [-0.4, -0.2) is 47.8 Å². The predicted molar refractivity (Wildman–Crippen MR) is 128 cm³/mol. The molecule has 1 atom stereocenters. The van der Waals surface area contributed by atoms with Crippen molar-refractivity contribution in [2.24, 2.45) is 0 Å². The molecular formula is C25H32N4O4. The molecule has 2 aromatic rings. The molecule has 1 aliphatic rings. The Balaban J connectivity index is 1.77. The van der Waals surface area contributed by atoms with Gasteiger partial charge in [0.25, 0.3) is 11.6 Å². The molecule has 0 spiro atoms. The second kappa shape index (κ2) is 11.4. The maximum absolute atomic E-state index is 13.0. The first-order valence-electron chi connectivity index (χ1n) is 11.6. The lowest BCUT2D eigenvalue weighted by molar-refractivity contribution is -0.384. The molecular weight excluding hydrogens is 420 g/mol. The van der Waals surface area contributed by atoms with Gasteiger partial charge in [-0.1, -0.05) is 56.5 Å². The Kier molecular flexibility index (Phi) is 8.40. The average molecular weight is 453 g/mol. The van der Waals surface area contributed by atoms with Crippen LogP contribution in [0.2, 0.25) is 0 Å². The number of nitrogens with zero attached hydrogens (tertiary/aromatic N) is 3. The number of nitro benzene ring substituents is 1. The molecule has 1 aliphatic heterocycles. The van der Waals surface area contributed by atoms with Gasteiger partial charge >= 0.3 is 0 Å². The van der Waals surface area contributed by atoms with Crippen LogP contribution in [0.25, 0.3) is 0 Å². The Morgan fingerprint density at radius 3 is 2.36 bits per heavy atom. The molecule has 0 saturated carbocycles. The van der Waals surface area contributed by atoms with Crippen molar-refractivity contribution in [2.45, 2.75) is 45.6 Å². The van der Waals surface area contributed by atoms with Gasteiger partial charge in [-0.3, -0.25) is 19.7 Å². The summed E-state index contributed by atoms with van der Waals surface area (Å²) in [6.45, 7) is 5.72. The van der Waals surface area contributed by atoms with Crippen LogP contribution in [0, 0.1) is 10.1 Å². The van der Waals surface area contributed by atoms with Gasteiger partial charge in [0.05, 0.1) is 11.0 Å². The Bertz CT molecular complexity index is 972. The maximum Gasteiger partial charge on any atom is 0.293 e. The fourth-order valence-electron chi connectivity index (χ4n) is 4.19. The van der Waals surface area contributed by atoms with Gasteiger partial charge in [0.2, 0.25) is 5.91 Å². The Labute approximate surface area is 194 Å². The summed E-state index contributed by atoms with van der Waals surface area (Å²) in [5.74, 6) is -0.320. The molecule has 3 rings (SSSR count). The second-order valence-corrected chi connectivity index (χ2v) is 8.39. The number of anilines is 1. The number of nitro groups is 1. The monoisotopic (exact) mass is 452 g/mol. The lowest BCUT2D eigenvalue weighted by Gasteiger charge is -2.35. The number of hydrogen-bond acceptors (Lipinski definition) is 5. The van der Waals surface area contributed by atoms with E-state index < -0.39 is 4.92 Å². The van der Waals surface area contributed by atoms with Crippen LogP contribution in [0.3, 0.4) is 0 Å². The standard InChI is InChI=1S/C25H32N4O4/c1-3-4-6-11-22(20-9-7-5-8-10-20)26-25(31)21-12-13-23(24(18-21)29(32)33)28-16-14-27(15-17-28)19(2)30/h5,7-10,12-13,18,22H,3-4,6,11,14-17H2,1-2H3,(H,26,31). The first kappa shape index (κ1) is 24.2. The number of carbonyl (C=O) groups excluding carboxylic acids is 2. The molecule has 0 bridgehead atoms. The molecule has 176 valence electrons.